The number of anilines is 2. The van der Waals surface area contributed by atoms with Gasteiger partial charge in [0.2, 0.25) is 5.91 Å². The zero-order valence-corrected chi connectivity index (χ0v) is 26.1. The minimum atomic E-state index is -4.83. The molecule has 1 fully saturated rings. The van der Waals surface area contributed by atoms with Gasteiger partial charge < -0.3 is 30.5 Å². The van der Waals surface area contributed by atoms with Crippen molar-refractivity contribution >= 4 is 46.7 Å². The first-order valence-electron chi connectivity index (χ1n) is 14.5. The van der Waals surface area contributed by atoms with E-state index in [0.717, 1.165) is 17.1 Å². The Morgan fingerprint density at radius 1 is 1.00 bits per heavy atom. The second-order valence-corrected chi connectivity index (χ2v) is 11.3. The zero-order chi connectivity index (χ0) is 34.7. The molecular weight excluding hydrogens is 659 g/mol. The van der Waals surface area contributed by atoms with Gasteiger partial charge in [0, 0.05) is 58.0 Å². The second kappa shape index (κ2) is 13.7. The van der Waals surface area contributed by atoms with Crippen LogP contribution in [0.5, 0.6) is 0 Å². The van der Waals surface area contributed by atoms with Gasteiger partial charge in [-0.3, -0.25) is 19.2 Å². The lowest BCUT2D eigenvalue weighted by Gasteiger charge is -2.35. The Kier molecular flexibility index (Phi) is 9.69. The molecule has 0 radical (unpaired) electrons. The topological polar surface area (TPSA) is 182 Å². The highest BCUT2D eigenvalue weighted by atomic mass is 35.5. The second-order valence-electron chi connectivity index (χ2n) is 10.9. The molecule has 14 nitrogen and oxygen atoms in total. The molecule has 4 aromatic rings. The maximum Gasteiger partial charge on any atom is 0.435 e. The molecule has 0 unspecified atom stereocenters. The Hall–Kier alpha value is -5.45. The molecule has 1 aliphatic rings. The summed E-state index contributed by atoms with van der Waals surface area (Å²) in [5, 5.41) is 15.1. The van der Waals surface area contributed by atoms with Crippen molar-refractivity contribution in [2.45, 2.75) is 25.4 Å². The molecule has 0 bridgehead atoms. The van der Waals surface area contributed by atoms with E-state index in [1.165, 1.54) is 53.0 Å². The Morgan fingerprint density at radius 3 is 2.33 bits per heavy atom. The predicted octanol–water partition coefficient (Wildman–Crippen LogP) is 3.71. The SMILES string of the molecule is Cn1c(-c2cn(-c3ccc(N)cn3)nc2C(F)(F)F)cnc1C(=O)Nc1ccc(C(=O)N2CCN(C(=O)CCCC(=O)O)CC2)c(Cl)c1. The van der Waals surface area contributed by atoms with Crippen LogP contribution < -0.4 is 11.1 Å². The Morgan fingerprint density at radius 2 is 1.71 bits per heavy atom. The molecule has 1 aromatic carbocycles. The average molecular weight is 688 g/mol. The molecule has 3 aromatic heterocycles. The van der Waals surface area contributed by atoms with Gasteiger partial charge in [-0.2, -0.15) is 18.3 Å². The van der Waals surface area contributed by atoms with Crippen molar-refractivity contribution in [1.82, 2.24) is 34.1 Å². The third kappa shape index (κ3) is 7.41. The number of carbonyl (C=O) groups excluding carboxylic acids is 3. The molecule has 0 saturated carbocycles. The molecule has 1 saturated heterocycles. The molecule has 252 valence electrons. The number of aliphatic carboxylic acids is 1. The van der Waals surface area contributed by atoms with Crippen LogP contribution in [0.2, 0.25) is 5.02 Å². The number of carbonyl (C=O) groups is 4. The minimum absolute atomic E-state index is 0.0322. The highest BCUT2D eigenvalue weighted by Gasteiger charge is 2.39. The molecule has 0 spiro atoms. The molecule has 48 heavy (non-hydrogen) atoms. The normalized spacial score (nSPS) is 13.4. The number of imidazole rings is 1. The van der Waals surface area contributed by atoms with Gasteiger partial charge >= 0.3 is 12.1 Å². The Bertz CT molecular complexity index is 1870. The number of carboxylic acids is 1. The fraction of sp³-hybridized carbons (Fsp3) is 0.300. The molecule has 18 heteroatoms. The van der Waals surface area contributed by atoms with Crippen molar-refractivity contribution in [3.05, 3.63) is 71.0 Å². The maximum atomic E-state index is 14.0. The molecule has 4 heterocycles. The quantitative estimate of drug-likeness (QED) is 0.236. The number of hydrogen-bond acceptors (Lipinski definition) is 8. The van der Waals surface area contributed by atoms with Crippen molar-refractivity contribution in [1.29, 1.82) is 0 Å². The number of piperazine rings is 1. The summed E-state index contributed by atoms with van der Waals surface area (Å²) in [6, 6.07) is 7.14. The van der Waals surface area contributed by atoms with Crippen LogP contribution in [0, 0.1) is 0 Å². The molecule has 3 amide bonds. The number of nitrogens with one attached hydrogen (secondary N) is 1. The van der Waals surface area contributed by atoms with Gasteiger partial charge in [0.05, 0.1) is 39.9 Å². The maximum absolute atomic E-state index is 14.0. The molecule has 0 aliphatic carbocycles. The smallest absolute Gasteiger partial charge is 0.435 e. The van der Waals surface area contributed by atoms with E-state index >= 15 is 0 Å². The van der Waals surface area contributed by atoms with E-state index in [1.807, 2.05) is 0 Å². The van der Waals surface area contributed by atoms with Crippen molar-refractivity contribution in [3.63, 3.8) is 0 Å². The number of nitrogen functional groups attached to an aromatic ring is 1. The lowest BCUT2D eigenvalue weighted by Crippen LogP contribution is -2.50. The summed E-state index contributed by atoms with van der Waals surface area (Å²) in [5.41, 5.74) is 4.76. The summed E-state index contributed by atoms with van der Waals surface area (Å²) in [4.78, 5) is 60.5. The van der Waals surface area contributed by atoms with Gasteiger partial charge in [-0.05, 0) is 36.8 Å². The van der Waals surface area contributed by atoms with Gasteiger partial charge in [-0.25, -0.2) is 14.6 Å². The number of amides is 3. The summed E-state index contributed by atoms with van der Waals surface area (Å²) in [6.45, 7) is 1.09. The highest BCUT2D eigenvalue weighted by Crippen LogP contribution is 2.37. The van der Waals surface area contributed by atoms with Crippen LogP contribution in [0.15, 0.2) is 48.9 Å². The number of halogens is 4. The molecular formula is C30H29ClF3N9O5. The molecule has 1 aliphatic heterocycles. The molecule has 0 atom stereocenters. The largest absolute Gasteiger partial charge is 0.481 e. The van der Waals surface area contributed by atoms with Crippen LogP contribution >= 0.6 is 11.6 Å². The molecule has 5 rings (SSSR count). The average Bonchev–Trinajstić information content (AvgIpc) is 3.65. The zero-order valence-electron chi connectivity index (χ0n) is 25.4. The summed E-state index contributed by atoms with van der Waals surface area (Å²) in [5.74, 6) is -2.37. The van der Waals surface area contributed by atoms with Gasteiger partial charge in [0.25, 0.3) is 11.8 Å². The Labute approximate surface area is 275 Å². The summed E-state index contributed by atoms with van der Waals surface area (Å²) >= 11 is 6.41. The van der Waals surface area contributed by atoms with Crippen LogP contribution in [0.1, 0.15) is 45.9 Å². The standard InChI is InChI=1S/C30H29ClF3N9O5/c1-40-22(20-16-43(39-26(20)30(32,33)34)23-8-5-17(35)14-36-23)15-37-27(40)28(47)38-18-6-7-19(21(31)13-18)29(48)42-11-9-41(10-12-42)24(44)3-2-4-25(45)46/h5-8,13-16H,2-4,9-12,35H2,1H3,(H,38,47)(H,45,46). The van der Waals surface area contributed by atoms with Crippen LogP contribution in [-0.2, 0) is 22.8 Å². The fourth-order valence-corrected chi connectivity index (χ4v) is 5.38. The van der Waals surface area contributed by atoms with Gasteiger partial charge in [0.15, 0.2) is 17.3 Å². The highest BCUT2D eigenvalue weighted by molar-refractivity contribution is 6.34. The van der Waals surface area contributed by atoms with Crippen LogP contribution in [0.3, 0.4) is 0 Å². The number of aromatic nitrogens is 5. The summed E-state index contributed by atoms with van der Waals surface area (Å²) in [7, 11) is 1.38. The first kappa shape index (κ1) is 33.9. The van der Waals surface area contributed by atoms with Gasteiger partial charge in [0.1, 0.15) is 0 Å². The summed E-state index contributed by atoms with van der Waals surface area (Å²) in [6.07, 6.45) is -1.03. The first-order valence-corrected chi connectivity index (χ1v) is 14.9. The van der Waals surface area contributed by atoms with Crippen LogP contribution in [0.25, 0.3) is 17.1 Å². The number of rotatable bonds is 9. The van der Waals surface area contributed by atoms with Crippen LogP contribution in [0.4, 0.5) is 24.5 Å². The monoisotopic (exact) mass is 687 g/mol. The van der Waals surface area contributed by atoms with E-state index in [9.17, 15) is 32.3 Å². The van der Waals surface area contributed by atoms with E-state index in [-0.39, 0.29) is 83.3 Å². The van der Waals surface area contributed by atoms with Gasteiger partial charge in [-0.1, -0.05) is 11.6 Å². The third-order valence-corrected chi connectivity index (χ3v) is 7.93. The molecule has 4 N–H and O–H groups in total. The van der Waals surface area contributed by atoms with E-state index < -0.39 is 23.7 Å². The first-order chi connectivity index (χ1) is 22.7. The van der Waals surface area contributed by atoms with Gasteiger partial charge in [-0.15, -0.1) is 0 Å². The van der Waals surface area contributed by atoms with Crippen molar-refractivity contribution in [2.24, 2.45) is 7.05 Å². The number of benzene rings is 1. The van der Waals surface area contributed by atoms with E-state index in [0.29, 0.717) is 18.8 Å². The summed E-state index contributed by atoms with van der Waals surface area (Å²) < 4.78 is 44.1. The number of pyridine rings is 1. The number of nitrogens with two attached hydrogens (primary N) is 1. The lowest BCUT2D eigenvalue weighted by atomic mass is 10.1. The predicted molar refractivity (Wildman–Crippen MR) is 166 cm³/mol. The van der Waals surface area contributed by atoms with Crippen molar-refractivity contribution < 1.29 is 37.5 Å². The van der Waals surface area contributed by atoms with Crippen molar-refractivity contribution in [3.8, 4) is 17.1 Å². The van der Waals surface area contributed by atoms with Crippen molar-refractivity contribution in [2.75, 3.05) is 37.2 Å². The van der Waals surface area contributed by atoms with E-state index in [2.05, 4.69) is 20.4 Å². The number of nitrogens with zero attached hydrogens (tertiary/aromatic N) is 7. The number of alkyl halides is 3. The van der Waals surface area contributed by atoms with E-state index in [1.54, 1.807) is 4.90 Å². The minimum Gasteiger partial charge on any atom is -0.481 e. The van der Waals surface area contributed by atoms with Crippen LogP contribution in [-0.4, -0.2) is 89.1 Å². The lowest BCUT2D eigenvalue weighted by molar-refractivity contribution is -0.141. The Balaban J connectivity index is 1.26. The third-order valence-electron chi connectivity index (χ3n) is 7.61. The number of hydrogen-bond donors (Lipinski definition) is 3. The number of carboxylic acid groups (broad SMARTS) is 1. The fourth-order valence-electron chi connectivity index (χ4n) is 5.12. The van der Waals surface area contributed by atoms with E-state index in [4.69, 9.17) is 22.4 Å².